The van der Waals surface area contributed by atoms with Crippen LogP contribution in [0.4, 0.5) is 0 Å². The maximum Gasteiger partial charge on any atom is 0.341 e. The molecular weight excluding hydrogens is 296 g/mol. The second-order valence-electron chi connectivity index (χ2n) is 4.51. The van der Waals surface area contributed by atoms with E-state index in [1.807, 2.05) is 12.1 Å². The number of ether oxygens (including phenoxy) is 2. The fourth-order valence-electron chi connectivity index (χ4n) is 1.80. The molecule has 6 nitrogen and oxygen atoms in total. The van der Waals surface area contributed by atoms with Crippen molar-refractivity contribution in [3.8, 4) is 17.6 Å². The van der Waals surface area contributed by atoms with Crippen molar-refractivity contribution in [1.82, 2.24) is 4.98 Å². The second kappa shape index (κ2) is 7.61. The number of benzene rings is 1. The molecule has 2 rings (SSSR count). The van der Waals surface area contributed by atoms with Crippen molar-refractivity contribution >= 4 is 18.1 Å². The van der Waals surface area contributed by atoms with Gasteiger partial charge < -0.3 is 14.6 Å². The molecule has 0 aliphatic heterocycles. The van der Waals surface area contributed by atoms with Crippen LogP contribution in [0.1, 0.15) is 16.8 Å². The Labute approximate surface area is 133 Å². The quantitative estimate of drug-likeness (QED) is 0.881. The Morgan fingerprint density at radius 3 is 2.74 bits per heavy atom. The zero-order chi connectivity index (χ0) is 16.7. The molecule has 0 saturated carbocycles. The molecule has 0 spiro atoms. The van der Waals surface area contributed by atoms with Crippen molar-refractivity contribution in [1.29, 1.82) is 5.26 Å². The highest BCUT2D eigenvalue weighted by atomic mass is 16.5. The Balaban J connectivity index is 2.14. The third-order valence-electron chi connectivity index (χ3n) is 2.90. The molecule has 116 valence electrons. The van der Waals surface area contributed by atoms with E-state index in [0.29, 0.717) is 22.8 Å². The summed E-state index contributed by atoms with van der Waals surface area (Å²) in [5.41, 5.74) is 2.06. The fraction of sp³-hybridized carbons (Fsp3) is 0.118. The number of nitrogens with zero attached hydrogens (tertiary/aromatic N) is 2. The first-order valence-electron chi connectivity index (χ1n) is 6.69. The maximum absolute atomic E-state index is 10.5. The number of hydrogen-bond donors (Lipinski definition) is 1. The van der Waals surface area contributed by atoms with Crippen LogP contribution in [0, 0.1) is 11.3 Å². The fourth-order valence-corrected chi connectivity index (χ4v) is 1.80. The number of carboxylic acids is 1. The molecule has 0 atom stereocenters. The van der Waals surface area contributed by atoms with Crippen LogP contribution >= 0.6 is 0 Å². The first-order chi connectivity index (χ1) is 11.1. The van der Waals surface area contributed by atoms with Gasteiger partial charge in [-0.25, -0.2) is 4.79 Å². The van der Waals surface area contributed by atoms with Crippen LogP contribution in [0.15, 0.2) is 36.5 Å². The third-order valence-corrected chi connectivity index (χ3v) is 2.90. The van der Waals surface area contributed by atoms with Gasteiger partial charge in [0, 0.05) is 6.20 Å². The van der Waals surface area contributed by atoms with Crippen LogP contribution in [0.5, 0.6) is 11.5 Å². The topological polar surface area (TPSA) is 92.4 Å². The molecule has 1 N–H and O–H groups in total. The number of carbonyl (C=O) groups is 1. The maximum atomic E-state index is 10.5. The zero-order valence-corrected chi connectivity index (χ0v) is 12.4. The number of hydrogen-bond acceptors (Lipinski definition) is 5. The van der Waals surface area contributed by atoms with Crippen molar-refractivity contribution in [2.45, 2.75) is 0 Å². The lowest BCUT2D eigenvalue weighted by molar-refractivity contribution is -0.139. The summed E-state index contributed by atoms with van der Waals surface area (Å²) < 4.78 is 10.3. The Hall–Kier alpha value is -3.33. The number of methoxy groups -OCH3 is 1. The van der Waals surface area contributed by atoms with Crippen LogP contribution in [-0.2, 0) is 4.79 Å². The average molecular weight is 310 g/mol. The normalized spacial score (nSPS) is 10.3. The average Bonchev–Trinajstić information content (AvgIpc) is 2.58. The highest BCUT2D eigenvalue weighted by molar-refractivity contribution is 5.70. The van der Waals surface area contributed by atoms with Crippen molar-refractivity contribution in [3.63, 3.8) is 0 Å². The van der Waals surface area contributed by atoms with Gasteiger partial charge in [0.05, 0.1) is 18.4 Å². The molecule has 0 fully saturated rings. The molecule has 0 radical (unpaired) electrons. The van der Waals surface area contributed by atoms with Crippen molar-refractivity contribution in [3.05, 3.63) is 53.3 Å². The largest absolute Gasteiger partial charge is 0.493 e. The van der Waals surface area contributed by atoms with E-state index in [-0.39, 0.29) is 0 Å². The van der Waals surface area contributed by atoms with E-state index in [2.05, 4.69) is 4.98 Å². The minimum absolute atomic E-state index is 0.364. The van der Waals surface area contributed by atoms with Crippen LogP contribution in [0.2, 0.25) is 0 Å². The minimum atomic E-state index is -1.05. The van der Waals surface area contributed by atoms with Gasteiger partial charge in [0.2, 0.25) is 0 Å². The molecule has 1 heterocycles. The van der Waals surface area contributed by atoms with Gasteiger partial charge in [-0.15, -0.1) is 0 Å². The van der Waals surface area contributed by atoms with Gasteiger partial charge in [-0.05, 0) is 35.9 Å². The molecule has 0 aliphatic rings. The molecule has 23 heavy (non-hydrogen) atoms. The molecule has 1 aromatic carbocycles. The molecule has 0 bridgehead atoms. The minimum Gasteiger partial charge on any atom is -0.493 e. The van der Waals surface area contributed by atoms with E-state index in [0.717, 1.165) is 5.56 Å². The summed E-state index contributed by atoms with van der Waals surface area (Å²) in [5.74, 6) is -0.243. The summed E-state index contributed by atoms with van der Waals surface area (Å²) >= 11 is 0. The van der Waals surface area contributed by atoms with Crippen LogP contribution in [0.3, 0.4) is 0 Å². The van der Waals surface area contributed by atoms with Crippen molar-refractivity contribution in [2.75, 3.05) is 13.7 Å². The van der Waals surface area contributed by atoms with E-state index >= 15 is 0 Å². The molecule has 0 aliphatic carbocycles. The number of rotatable bonds is 6. The summed E-state index contributed by atoms with van der Waals surface area (Å²) in [6.07, 6.45) is 5.13. The number of aliphatic carboxylic acids is 1. The van der Waals surface area contributed by atoms with E-state index in [1.54, 1.807) is 36.4 Å². The molecular formula is C17H14N2O4. The summed E-state index contributed by atoms with van der Waals surface area (Å²) in [4.78, 5) is 14.7. The molecule has 6 heteroatoms. The lowest BCUT2D eigenvalue weighted by Crippen LogP contribution is -2.10. The van der Waals surface area contributed by atoms with Crippen molar-refractivity contribution < 1.29 is 19.4 Å². The van der Waals surface area contributed by atoms with Gasteiger partial charge in [-0.1, -0.05) is 12.1 Å². The van der Waals surface area contributed by atoms with Gasteiger partial charge >= 0.3 is 5.97 Å². The van der Waals surface area contributed by atoms with Gasteiger partial charge in [0.25, 0.3) is 0 Å². The van der Waals surface area contributed by atoms with Gasteiger partial charge in [-0.3, -0.25) is 4.98 Å². The van der Waals surface area contributed by atoms with Gasteiger partial charge in [0.15, 0.2) is 18.1 Å². The van der Waals surface area contributed by atoms with Gasteiger partial charge in [0.1, 0.15) is 6.07 Å². The summed E-state index contributed by atoms with van der Waals surface area (Å²) in [6.45, 7) is -0.430. The lowest BCUT2D eigenvalue weighted by atomic mass is 10.1. The predicted molar refractivity (Wildman–Crippen MR) is 84.0 cm³/mol. The Bertz CT molecular complexity index is 761. The van der Waals surface area contributed by atoms with E-state index in [4.69, 9.17) is 19.8 Å². The predicted octanol–water partition coefficient (Wildman–Crippen LogP) is 2.60. The molecule has 0 amide bonds. The van der Waals surface area contributed by atoms with E-state index < -0.39 is 12.6 Å². The van der Waals surface area contributed by atoms with E-state index in [9.17, 15) is 4.79 Å². The molecule has 1 aromatic heterocycles. The van der Waals surface area contributed by atoms with Crippen LogP contribution in [0.25, 0.3) is 12.2 Å². The number of pyridine rings is 1. The Kier molecular flexibility index (Phi) is 5.31. The Morgan fingerprint density at radius 2 is 2.13 bits per heavy atom. The smallest absolute Gasteiger partial charge is 0.341 e. The summed E-state index contributed by atoms with van der Waals surface area (Å²) in [7, 11) is 1.48. The standard InChI is InChI=1S/C17H14N2O4/c1-22-16-8-12(4-7-15(16)23-11-17(20)21)2-5-14-6-3-13(9-18)10-19-14/h2-8,10H,11H2,1H3,(H,20,21)/b5-2-. The first-order valence-corrected chi connectivity index (χ1v) is 6.69. The number of aromatic nitrogens is 1. The first kappa shape index (κ1) is 16.0. The summed E-state index contributed by atoms with van der Waals surface area (Å²) in [5, 5.41) is 17.4. The zero-order valence-electron chi connectivity index (χ0n) is 12.4. The second-order valence-corrected chi connectivity index (χ2v) is 4.51. The monoisotopic (exact) mass is 310 g/mol. The van der Waals surface area contributed by atoms with Crippen molar-refractivity contribution in [2.24, 2.45) is 0 Å². The summed E-state index contributed by atoms with van der Waals surface area (Å²) in [6, 6.07) is 10.6. The molecule has 0 saturated heterocycles. The molecule has 0 unspecified atom stereocenters. The van der Waals surface area contributed by atoms with Crippen LogP contribution in [-0.4, -0.2) is 29.8 Å². The highest BCUT2D eigenvalue weighted by Crippen LogP contribution is 2.28. The van der Waals surface area contributed by atoms with E-state index in [1.165, 1.54) is 13.3 Å². The number of carboxylic acid groups (broad SMARTS) is 1. The van der Waals surface area contributed by atoms with Gasteiger partial charge in [-0.2, -0.15) is 5.26 Å². The molecule has 2 aromatic rings. The lowest BCUT2D eigenvalue weighted by Gasteiger charge is -2.09. The highest BCUT2D eigenvalue weighted by Gasteiger charge is 2.06. The SMILES string of the molecule is COc1cc(/C=C\c2ccc(C#N)cn2)ccc1OCC(=O)O. The Morgan fingerprint density at radius 1 is 1.30 bits per heavy atom. The third kappa shape index (κ3) is 4.58. The van der Waals surface area contributed by atoms with Crippen LogP contribution < -0.4 is 9.47 Å². The number of nitriles is 1.